The smallest absolute Gasteiger partial charge is 0.268 e. The minimum atomic E-state index is -0.256. The summed E-state index contributed by atoms with van der Waals surface area (Å²) in [4.78, 5) is 23.7. The highest BCUT2D eigenvalue weighted by molar-refractivity contribution is 7.15. The molecule has 2 rings (SSSR count). The summed E-state index contributed by atoms with van der Waals surface area (Å²) in [5.41, 5.74) is 0.442. The molecule has 2 heterocycles. The summed E-state index contributed by atoms with van der Waals surface area (Å²) in [5, 5.41) is 14.9. The second-order valence-corrected chi connectivity index (χ2v) is 5.18. The van der Waals surface area contributed by atoms with E-state index in [4.69, 9.17) is 0 Å². The first-order chi connectivity index (χ1) is 9.02. The Bertz CT molecular complexity index is 700. The zero-order valence-electron chi connectivity index (χ0n) is 11.0. The third-order valence-electron chi connectivity index (χ3n) is 2.79. The van der Waals surface area contributed by atoms with Gasteiger partial charge in [-0.1, -0.05) is 11.3 Å². The number of hydrogen-bond acceptors (Lipinski definition) is 6. The van der Waals surface area contributed by atoms with Gasteiger partial charge in [0.05, 0.1) is 6.54 Å². The van der Waals surface area contributed by atoms with E-state index in [1.54, 1.807) is 13.8 Å². The fourth-order valence-corrected chi connectivity index (χ4v) is 2.37. The van der Waals surface area contributed by atoms with Gasteiger partial charge in [0.1, 0.15) is 5.01 Å². The Labute approximate surface area is 113 Å². The molecule has 0 spiro atoms. The maximum atomic E-state index is 12.0. The summed E-state index contributed by atoms with van der Waals surface area (Å²) in [6.45, 7) is 6.22. The summed E-state index contributed by atoms with van der Waals surface area (Å²) >= 11 is 1.36. The zero-order valence-corrected chi connectivity index (χ0v) is 11.8. The van der Waals surface area contributed by atoms with Gasteiger partial charge in [0.15, 0.2) is 0 Å². The lowest BCUT2D eigenvalue weighted by Gasteiger charge is -2.05. The molecule has 102 valence electrons. The van der Waals surface area contributed by atoms with Gasteiger partial charge in [-0.05, 0) is 20.8 Å². The van der Waals surface area contributed by atoms with Crippen LogP contribution in [0.1, 0.15) is 23.1 Å². The highest BCUT2D eigenvalue weighted by Crippen LogP contribution is 2.14. The van der Waals surface area contributed by atoms with Crippen molar-refractivity contribution in [3.05, 3.63) is 36.8 Å². The highest BCUT2D eigenvalue weighted by atomic mass is 32.1. The molecule has 2 aromatic heterocycles. The summed E-state index contributed by atoms with van der Waals surface area (Å²) in [6.07, 6.45) is 0. The van der Waals surface area contributed by atoms with Crippen LogP contribution in [0.2, 0.25) is 0 Å². The molecule has 0 aliphatic carbocycles. The van der Waals surface area contributed by atoms with Crippen molar-refractivity contribution in [2.24, 2.45) is 0 Å². The van der Waals surface area contributed by atoms with Crippen molar-refractivity contribution in [1.82, 2.24) is 20.0 Å². The second kappa shape index (κ2) is 5.35. The molecular weight excluding hydrogens is 266 g/mol. The molecule has 0 aliphatic rings. The Hall–Kier alpha value is -1.96. The summed E-state index contributed by atoms with van der Waals surface area (Å²) in [7, 11) is 0. The van der Waals surface area contributed by atoms with Crippen molar-refractivity contribution < 1.29 is 0 Å². The third-order valence-corrected chi connectivity index (χ3v) is 3.66. The average Bonchev–Trinajstić information content (AvgIpc) is 2.81. The van der Waals surface area contributed by atoms with Gasteiger partial charge in [0, 0.05) is 17.7 Å². The molecule has 0 aromatic carbocycles. The van der Waals surface area contributed by atoms with Crippen LogP contribution in [-0.2, 0) is 6.54 Å². The lowest BCUT2D eigenvalue weighted by molar-refractivity contribution is 0.612. The molecule has 0 amide bonds. The Kier molecular flexibility index (Phi) is 3.79. The summed E-state index contributed by atoms with van der Waals surface area (Å²) in [5.74, 6) is 0. The topological polar surface area (TPSA) is 92.7 Å². The van der Waals surface area contributed by atoms with E-state index in [1.165, 1.54) is 16.0 Å². The van der Waals surface area contributed by atoms with Gasteiger partial charge in [-0.25, -0.2) is 4.68 Å². The molecule has 0 atom stereocenters. The molecular formula is C11H15N5O2S. The molecule has 0 aliphatic heterocycles. The van der Waals surface area contributed by atoms with Crippen molar-refractivity contribution in [3.63, 3.8) is 0 Å². The van der Waals surface area contributed by atoms with E-state index >= 15 is 0 Å². The number of nitrogens with zero attached hydrogens (tertiary/aromatic N) is 3. The van der Waals surface area contributed by atoms with E-state index < -0.39 is 0 Å². The van der Waals surface area contributed by atoms with Gasteiger partial charge < -0.3 is 5.32 Å². The standard InChI is InChI=1S/C11H15N5O2S/c1-4-12-11-14-13-8(19-11)5-16-10(18)7(3)6(2)9(17)15-16/h4-5H2,1-3H3,(H,12,14)(H,15,17). The molecule has 0 saturated carbocycles. The third kappa shape index (κ3) is 2.73. The number of rotatable bonds is 4. The SMILES string of the molecule is CCNc1nnc(Cn2[nH]c(=O)c(C)c(C)c2=O)s1. The first-order valence-corrected chi connectivity index (χ1v) is 6.71. The Balaban J connectivity index is 2.33. The van der Waals surface area contributed by atoms with Gasteiger partial charge in [0.2, 0.25) is 5.13 Å². The Morgan fingerprint density at radius 1 is 1.26 bits per heavy atom. The number of aromatic nitrogens is 4. The zero-order chi connectivity index (χ0) is 14.0. The van der Waals surface area contributed by atoms with Crippen LogP contribution in [-0.4, -0.2) is 26.5 Å². The molecule has 2 N–H and O–H groups in total. The molecule has 0 saturated heterocycles. The monoisotopic (exact) mass is 281 g/mol. The van der Waals surface area contributed by atoms with E-state index in [-0.39, 0.29) is 17.7 Å². The molecule has 0 unspecified atom stereocenters. The first-order valence-electron chi connectivity index (χ1n) is 5.89. The fraction of sp³-hybridized carbons (Fsp3) is 0.455. The Morgan fingerprint density at radius 3 is 2.68 bits per heavy atom. The quantitative estimate of drug-likeness (QED) is 0.850. The lowest BCUT2D eigenvalue weighted by atomic mass is 10.2. The number of nitrogens with one attached hydrogen (secondary N) is 2. The molecule has 0 radical (unpaired) electrons. The molecule has 7 nitrogen and oxygen atoms in total. The Morgan fingerprint density at radius 2 is 2.00 bits per heavy atom. The van der Waals surface area contributed by atoms with Gasteiger partial charge >= 0.3 is 0 Å². The number of aromatic amines is 1. The van der Waals surface area contributed by atoms with Crippen LogP contribution in [0.15, 0.2) is 9.59 Å². The number of hydrogen-bond donors (Lipinski definition) is 2. The molecule has 2 aromatic rings. The minimum absolute atomic E-state index is 0.211. The van der Waals surface area contributed by atoms with Crippen LogP contribution < -0.4 is 16.4 Å². The minimum Gasteiger partial charge on any atom is -0.360 e. The van der Waals surface area contributed by atoms with Crippen LogP contribution in [0.25, 0.3) is 0 Å². The average molecular weight is 281 g/mol. The number of anilines is 1. The van der Waals surface area contributed by atoms with Crippen LogP contribution in [0, 0.1) is 13.8 Å². The highest BCUT2D eigenvalue weighted by Gasteiger charge is 2.10. The summed E-state index contributed by atoms with van der Waals surface area (Å²) in [6, 6.07) is 0. The largest absolute Gasteiger partial charge is 0.360 e. The van der Waals surface area contributed by atoms with E-state index in [1.807, 2.05) is 6.92 Å². The van der Waals surface area contributed by atoms with E-state index in [2.05, 4.69) is 20.6 Å². The molecule has 19 heavy (non-hydrogen) atoms. The second-order valence-electron chi connectivity index (χ2n) is 4.11. The van der Waals surface area contributed by atoms with Gasteiger partial charge in [0.25, 0.3) is 11.1 Å². The van der Waals surface area contributed by atoms with Crippen molar-refractivity contribution >= 4 is 16.5 Å². The summed E-state index contributed by atoms with van der Waals surface area (Å²) < 4.78 is 1.26. The van der Waals surface area contributed by atoms with Crippen molar-refractivity contribution in [1.29, 1.82) is 0 Å². The van der Waals surface area contributed by atoms with E-state index in [0.717, 1.165) is 6.54 Å². The van der Waals surface area contributed by atoms with Gasteiger partial charge in [-0.3, -0.25) is 14.7 Å². The maximum absolute atomic E-state index is 12.0. The fourth-order valence-electron chi connectivity index (χ4n) is 1.58. The normalized spacial score (nSPS) is 10.7. The molecule has 0 bridgehead atoms. The number of H-pyrrole nitrogens is 1. The van der Waals surface area contributed by atoms with Crippen molar-refractivity contribution in [2.75, 3.05) is 11.9 Å². The first kappa shape index (κ1) is 13.5. The van der Waals surface area contributed by atoms with Gasteiger partial charge in [-0.15, -0.1) is 10.2 Å². The van der Waals surface area contributed by atoms with Crippen LogP contribution in [0.4, 0.5) is 5.13 Å². The van der Waals surface area contributed by atoms with Gasteiger partial charge in [-0.2, -0.15) is 0 Å². The van der Waals surface area contributed by atoms with E-state index in [0.29, 0.717) is 21.3 Å². The predicted octanol–water partition coefficient (Wildman–Crippen LogP) is 0.485. The van der Waals surface area contributed by atoms with Crippen LogP contribution in [0.5, 0.6) is 0 Å². The molecule has 0 fully saturated rings. The lowest BCUT2D eigenvalue weighted by Crippen LogP contribution is -2.33. The van der Waals surface area contributed by atoms with Crippen LogP contribution in [0.3, 0.4) is 0 Å². The van der Waals surface area contributed by atoms with Crippen molar-refractivity contribution in [3.8, 4) is 0 Å². The van der Waals surface area contributed by atoms with E-state index in [9.17, 15) is 9.59 Å². The maximum Gasteiger partial charge on any atom is 0.268 e. The van der Waals surface area contributed by atoms with Crippen molar-refractivity contribution in [2.45, 2.75) is 27.3 Å². The predicted molar refractivity (Wildman–Crippen MR) is 74.0 cm³/mol. The van der Waals surface area contributed by atoms with Crippen LogP contribution >= 0.6 is 11.3 Å². The molecule has 8 heteroatoms.